The summed E-state index contributed by atoms with van der Waals surface area (Å²) in [5.74, 6) is -0.424. The van der Waals surface area contributed by atoms with Crippen molar-refractivity contribution in [3.63, 3.8) is 0 Å². The Hall–Kier alpha value is -2.60. The van der Waals surface area contributed by atoms with Crippen molar-refractivity contribution in [2.75, 3.05) is 24.5 Å². The van der Waals surface area contributed by atoms with Crippen molar-refractivity contribution >= 4 is 28.3 Å². The molecule has 1 aliphatic rings. The number of aliphatic hydroxyl groups is 1. The molecule has 0 aliphatic carbocycles. The van der Waals surface area contributed by atoms with Gasteiger partial charge in [0.25, 0.3) is 0 Å². The molecule has 0 amide bonds. The van der Waals surface area contributed by atoms with E-state index >= 15 is 0 Å². The van der Waals surface area contributed by atoms with Gasteiger partial charge in [0.15, 0.2) is 5.60 Å². The van der Waals surface area contributed by atoms with Crippen LogP contribution >= 0.6 is 12.6 Å². The number of rotatable bonds is 6. The number of hydrogen-bond donors (Lipinski definition) is 2. The maximum atomic E-state index is 13.9. The molecule has 37 heavy (non-hydrogen) atoms. The van der Waals surface area contributed by atoms with Gasteiger partial charge >= 0.3 is 6.18 Å². The lowest BCUT2D eigenvalue weighted by Crippen LogP contribution is -2.55. The normalized spacial score (nSPS) is 19.0. The smallest absolute Gasteiger partial charge is 0.376 e. The van der Waals surface area contributed by atoms with E-state index in [9.17, 15) is 31.1 Å². The zero-order valence-corrected chi connectivity index (χ0v) is 21.6. The zero-order valence-electron chi connectivity index (χ0n) is 19.9. The highest BCUT2D eigenvalue weighted by Crippen LogP contribution is 2.39. The molecule has 2 atom stereocenters. The van der Waals surface area contributed by atoms with Crippen LogP contribution in [0.2, 0.25) is 0 Å². The Labute approximate surface area is 218 Å². The molecule has 1 fully saturated rings. The predicted molar refractivity (Wildman–Crippen MR) is 136 cm³/mol. The highest BCUT2D eigenvalue weighted by molar-refractivity contribution is 7.90. The maximum Gasteiger partial charge on any atom is 0.421 e. The summed E-state index contributed by atoms with van der Waals surface area (Å²) in [6.45, 7) is 1.15. The molecule has 3 aromatic rings. The number of thiol groups is 1. The van der Waals surface area contributed by atoms with Crippen LogP contribution in [-0.4, -0.2) is 49.7 Å². The van der Waals surface area contributed by atoms with Gasteiger partial charge in [-0.2, -0.15) is 17.5 Å². The molecule has 5 nitrogen and oxygen atoms in total. The zero-order chi connectivity index (χ0) is 27.0. The summed E-state index contributed by atoms with van der Waals surface area (Å²) >= 11 is 4.29. The molecular weight excluding hydrogens is 528 g/mol. The second-order valence-corrected chi connectivity index (χ2v) is 11.5. The molecule has 1 N–H and O–H groups in total. The first-order valence-electron chi connectivity index (χ1n) is 11.5. The summed E-state index contributed by atoms with van der Waals surface area (Å²) in [6.07, 6.45) is -4.55. The van der Waals surface area contributed by atoms with Crippen molar-refractivity contribution in [1.82, 2.24) is 4.31 Å². The molecule has 0 saturated carbocycles. The van der Waals surface area contributed by atoms with Crippen molar-refractivity contribution in [3.05, 3.63) is 89.7 Å². The molecule has 198 valence electrons. The largest absolute Gasteiger partial charge is 0.421 e. The van der Waals surface area contributed by atoms with E-state index in [1.54, 1.807) is 30.3 Å². The van der Waals surface area contributed by atoms with Gasteiger partial charge in [0.2, 0.25) is 10.0 Å². The maximum absolute atomic E-state index is 13.9. The first kappa shape index (κ1) is 27.4. The summed E-state index contributed by atoms with van der Waals surface area (Å²) < 4.78 is 81.9. The van der Waals surface area contributed by atoms with Crippen LogP contribution in [0.25, 0.3) is 0 Å². The van der Waals surface area contributed by atoms with Gasteiger partial charge < -0.3 is 10.0 Å². The number of halogens is 4. The van der Waals surface area contributed by atoms with Gasteiger partial charge in [-0.3, -0.25) is 0 Å². The summed E-state index contributed by atoms with van der Waals surface area (Å²) in [4.78, 5) is 2.30. The van der Waals surface area contributed by atoms with E-state index in [1.807, 2.05) is 4.90 Å². The van der Waals surface area contributed by atoms with Crippen molar-refractivity contribution in [3.8, 4) is 0 Å². The number of hydrogen-bond acceptors (Lipinski definition) is 5. The number of piperazine rings is 1. The Bertz CT molecular complexity index is 1360. The Morgan fingerprint density at radius 1 is 1.00 bits per heavy atom. The molecule has 11 heteroatoms. The quantitative estimate of drug-likeness (QED) is 0.333. The van der Waals surface area contributed by atoms with E-state index in [1.165, 1.54) is 46.8 Å². The molecule has 0 unspecified atom stereocenters. The first-order valence-corrected chi connectivity index (χ1v) is 13.4. The van der Waals surface area contributed by atoms with E-state index in [2.05, 4.69) is 12.6 Å². The average Bonchev–Trinajstić information content (AvgIpc) is 2.83. The summed E-state index contributed by atoms with van der Waals surface area (Å²) in [5.41, 5.74) is -2.10. The lowest BCUT2D eigenvalue weighted by Gasteiger charge is -2.42. The van der Waals surface area contributed by atoms with Crippen LogP contribution in [0.3, 0.4) is 0 Å². The molecule has 1 saturated heterocycles. The number of anilines is 1. The first-order chi connectivity index (χ1) is 17.3. The fourth-order valence-electron chi connectivity index (χ4n) is 4.45. The van der Waals surface area contributed by atoms with E-state index < -0.39 is 33.7 Å². The van der Waals surface area contributed by atoms with E-state index in [0.29, 0.717) is 29.5 Å². The molecule has 3 aromatic carbocycles. The second kappa shape index (κ2) is 10.3. The fraction of sp³-hybridized carbons (Fsp3) is 0.308. The number of sulfonamides is 1. The third-order valence-electron chi connectivity index (χ3n) is 6.60. The van der Waals surface area contributed by atoms with Gasteiger partial charge in [0, 0.05) is 36.3 Å². The Balaban J connectivity index is 1.66. The van der Waals surface area contributed by atoms with Gasteiger partial charge in [0.05, 0.1) is 4.90 Å². The molecule has 0 spiro atoms. The third kappa shape index (κ3) is 5.64. The van der Waals surface area contributed by atoms with E-state index in [4.69, 9.17) is 0 Å². The van der Waals surface area contributed by atoms with Gasteiger partial charge in [-0.05, 0) is 60.9 Å². The van der Waals surface area contributed by atoms with Crippen LogP contribution in [0.1, 0.15) is 18.1 Å². The van der Waals surface area contributed by atoms with Crippen LogP contribution in [0, 0.1) is 5.82 Å². The Kier molecular flexibility index (Phi) is 7.62. The van der Waals surface area contributed by atoms with Crippen LogP contribution < -0.4 is 4.90 Å². The summed E-state index contributed by atoms with van der Waals surface area (Å²) in [5, 5.41) is 10.00. The van der Waals surface area contributed by atoms with Crippen LogP contribution in [0.15, 0.2) is 82.6 Å². The molecular formula is C26H26F4N2O3S2. The molecule has 0 radical (unpaired) electrons. The number of nitrogens with zero attached hydrogens (tertiary/aromatic N) is 2. The van der Waals surface area contributed by atoms with Crippen molar-refractivity contribution in [2.24, 2.45) is 0 Å². The molecule has 0 bridgehead atoms. The third-order valence-corrected chi connectivity index (χ3v) is 9.07. The van der Waals surface area contributed by atoms with Crippen molar-refractivity contribution in [2.45, 2.75) is 41.0 Å². The summed E-state index contributed by atoms with van der Waals surface area (Å²) in [6, 6.07) is 17.3. The molecule has 0 aromatic heterocycles. The fourth-order valence-corrected chi connectivity index (χ4v) is 6.51. The van der Waals surface area contributed by atoms with Gasteiger partial charge in [-0.25, -0.2) is 12.8 Å². The van der Waals surface area contributed by atoms with Crippen molar-refractivity contribution in [1.29, 1.82) is 0 Å². The summed E-state index contributed by atoms with van der Waals surface area (Å²) in [7, 11) is -3.88. The minimum Gasteiger partial charge on any atom is -0.376 e. The lowest BCUT2D eigenvalue weighted by molar-refractivity contribution is -0.258. The SMILES string of the molecule is C[C@](O)(c1ccc(N2CCN(S(=O)(=O)c3ccccc3S)C[C@H]2Cc2cccc(F)c2)cc1)C(F)(F)F. The highest BCUT2D eigenvalue weighted by atomic mass is 32.2. The minimum atomic E-state index is -4.85. The van der Waals surface area contributed by atoms with Gasteiger partial charge in [0.1, 0.15) is 5.82 Å². The van der Waals surface area contributed by atoms with E-state index in [-0.39, 0.29) is 30.1 Å². The van der Waals surface area contributed by atoms with Gasteiger partial charge in [-0.1, -0.05) is 36.4 Å². The topological polar surface area (TPSA) is 60.9 Å². The van der Waals surface area contributed by atoms with Gasteiger partial charge in [-0.15, -0.1) is 12.6 Å². The van der Waals surface area contributed by atoms with Crippen molar-refractivity contribution < 1.29 is 31.1 Å². The average molecular weight is 555 g/mol. The molecule has 4 rings (SSSR count). The van der Waals surface area contributed by atoms with Crippen LogP contribution in [0.5, 0.6) is 0 Å². The predicted octanol–water partition coefficient (Wildman–Crippen LogP) is 5.01. The van der Waals surface area contributed by atoms with Crippen LogP contribution in [0.4, 0.5) is 23.2 Å². The Morgan fingerprint density at radius 2 is 1.68 bits per heavy atom. The second-order valence-electron chi connectivity index (χ2n) is 9.13. The number of benzene rings is 3. The number of alkyl halides is 3. The molecule has 1 heterocycles. The van der Waals surface area contributed by atoms with Crippen LogP contribution in [-0.2, 0) is 22.0 Å². The van der Waals surface area contributed by atoms with E-state index in [0.717, 1.165) is 0 Å². The molecule has 1 aliphatic heterocycles. The lowest BCUT2D eigenvalue weighted by atomic mass is 9.94. The Morgan fingerprint density at radius 3 is 2.30 bits per heavy atom. The monoisotopic (exact) mass is 554 g/mol. The standard InChI is InChI=1S/C26H26F4N2O3S2/c1-25(33,26(28,29)30)19-9-11-21(12-10-19)32-14-13-31(37(34,35)24-8-3-2-7-23(24)36)17-22(32)16-18-5-4-6-20(27)15-18/h2-12,15,22,33,36H,13-14,16-17H2,1H3/t22-,25+/m1/s1. The minimum absolute atomic E-state index is 0.0724. The highest BCUT2D eigenvalue weighted by Gasteiger charge is 2.51.